The van der Waals surface area contributed by atoms with Crippen LogP contribution in [0, 0.1) is 5.82 Å². The molecule has 3 nitrogen and oxygen atoms in total. The summed E-state index contributed by atoms with van der Waals surface area (Å²) in [5, 5.41) is 9.53. The van der Waals surface area contributed by atoms with Gasteiger partial charge in [0.1, 0.15) is 11.6 Å². The lowest BCUT2D eigenvalue weighted by atomic mass is 10.0. The van der Waals surface area contributed by atoms with E-state index < -0.39 is 0 Å². The molecular weight excluding hydrogens is 396 g/mol. The Labute approximate surface area is 165 Å². The highest BCUT2D eigenvalue weighted by molar-refractivity contribution is 6.42. The first-order valence-electron chi connectivity index (χ1n) is 8.31. The van der Waals surface area contributed by atoms with E-state index in [-0.39, 0.29) is 5.82 Å². The van der Waals surface area contributed by atoms with Crippen LogP contribution in [0.15, 0.2) is 36.4 Å². The molecule has 1 aromatic heterocycles. The first kappa shape index (κ1) is 17.7. The van der Waals surface area contributed by atoms with E-state index in [9.17, 15) is 4.39 Å². The summed E-state index contributed by atoms with van der Waals surface area (Å²) >= 11 is 18.5. The zero-order chi connectivity index (χ0) is 18.3. The van der Waals surface area contributed by atoms with Crippen molar-refractivity contribution in [1.29, 1.82) is 0 Å². The van der Waals surface area contributed by atoms with Crippen LogP contribution in [0.4, 0.5) is 10.2 Å². The minimum absolute atomic E-state index is 0.343. The van der Waals surface area contributed by atoms with Crippen LogP contribution in [0.5, 0.6) is 0 Å². The minimum Gasteiger partial charge on any atom is -0.370 e. The monoisotopic (exact) mass is 409 g/mol. The lowest BCUT2D eigenvalue weighted by Gasteiger charge is -2.10. The first-order chi connectivity index (χ1) is 12.5. The highest BCUT2D eigenvalue weighted by Crippen LogP contribution is 2.37. The van der Waals surface area contributed by atoms with Crippen LogP contribution >= 0.6 is 34.8 Å². The summed E-state index contributed by atoms with van der Waals surface area (Å²) in [5.74, 6) is 0.545. The Bertz CT molecular complexity index is 984. The molecule has 0 fully saturated rings. The van der Waals surface area contributed by atoms with E-state index in [0.717, 1.165) is 48.6 Å². The Hall–Kier alpha value is -1.75. The largest absolute Gasteiger partial charge is 0.370 e. The molecule has 7 heteroatoms. The number of nitrogens with one attached hydrogen (secondary N) is 1. The fourth-order valence-electron chi connectivity index (χ4n) is 3.20. The molecule has 2 aromatic carbocycles. The molecule has 2 heterocycles. The predicted octanol–water partition coefficient (Wildman–Crippen LogP) is 6.39. The van der Waals surface area contributed by atoms with Gasteiger partial charge in [0.25, 0.3) is 0 Å². The fourth-order valence-corrected chi connectivity index (χ4v) is 3.75. The van der Waals surface area contributed by atoms with Gasteiger partial charge in [-0.3, -0.25) is 0 Å². The first-order valence-corrected chi connectivity index (χ1v) is 9.44. The molecule has 0 unspecified atom stereocenters. The quantitative estimate of drug-likeness (QED) is 0.530. The molecule has 4 rings (SSSR count). The van der Waals surface area contributed by atoms with Crippen LogP contribution in [-0.2, 0) is 6.42 Å². The maximum Gasteiger partial charge on any atom is 0.133 e. The molecule has 1 N–H and O–H groups in total. The molecule has 0 saturated carbocycles. The Kier molecular flexibility index (Phi) is 4.82. The second-order valence-corrected chi connectivity index (χ2v) is 7.42. The molecule has 0 bridgehead atoms. The standard InChI is InChI=1S/C19H15Cl3FN3/c20-15-7-5-12(10-17(15)22)26-19-14(3-1-2-8-24-19)18(25-26)13-6-4-11(23)9-16(13)21/h4-7,9-10,24H,1-3,8H2. The Morgan fingerprint density at radius 1 is 0.962 bits per heavy atom. The summed E-state index contributed by atoms with van der Waals surface area (Å²) in [4.78, 5) is 0. The van der Waals surface area contributed by atoms with Crippen molar-refractivity contribution < 1.29 is 4.39 Å². The van der Waals surface area contributed by atoms with Crippen LogP contribution in [0.3, 0.4) is 0 Å². The van der Waals surface area contributed by atoms with Gasteiger partial charge < -0.3 is 5.32 Å². The molecule has 0 saturated heterocycles. The van der Waals surface area contributed by atoms with Crippen LogP contribution in [-0.4, -0.2) is 16.3 Å². The summed E-state index contributed by atoms with van der Waals surface area (Å²) in [6.07, 6.45) is 2.97. The van der Waals surface area contributed by atoms with Crippen molar-refractivity contribution in [3.63, 3.8) is 0 Å². The maximum atomic E-state index is 13.5. The zero-order valence-electron chi connectivity index (χ0n) is 13.7. The molecule has 0 radical (unpaired) electrons. The second-order valence-electron chi connectivity index (χ2n) is 6.19. The third kappa shape index (κ3) is 3.18. The molecule has 1 aliphatic heterocycles. The fraction of sp³-hybridized carbons (Fsp3) is 0.211. The molecule has 134 valence electrons. The Morgan fingerprint density at radius 2 is 1.81 bits per heavy atom. The van der Waals surface area contributed by atoms with Gasteiger partial charge in [-0.25, -0.2) is 9.07 Å². The van der Waals surface area contributed by atoms with Crippen LogP contribution in [0.1, 0.15) is 18.4 Å². The van der Waals surface area contributed by atoms with Gasteiger partial charge in [0.2, 0.25) is 0 Å². The molecule has 0 spiro atoms. The zero-order valence-corrected chi connectivity index (χ0v) is 16.0. The molecule has 0 atom stereocenters. The van der Waals surface area contributed by atoms with Crippen molar-refractivity contribution in [2.24, 2.45) is 0 Å². The highest BCUT2D eigenvalue weighted by Gasteiger charge is 2.23. The normalized spacial score (nSPS) is 13.8. The van der Waals surface area contributed by atoms with Gasteiger partial charge in [0, 0.05) is 17.7 Å². The SMILES string of the molecule is Fc1ccc(-c2nn(-c3ccc(Cl)c(Cl)c3)c3c2CCCCN3)c(Cl)c1. The summed E-state index contributed by atoms with van der Waals surface area (Å²) < 4.78 is 15.3. The van der Waals surface area contributed by atoms with E-state index in [4.69, 9.17) is 39.9 Å². The molecule has 0 aliphatic carbocycles. The number of fused-ring (bicyclic) bond motifs is 1. The third-order valence-corrected chi connectivity index (χ3v) is 5.52. The molecule has 26 heavy (non-hydrogen) atoms. The average Bonchev–Trinajstić information content (AvgIpc) is 2.79. The topological polar surface area (TPSA) is 29.9 Å². The van der Waals surface area contributed by atoms with Gasteiger partial charge in [-0.05, 0) is 55.7 Å². The number of hydrogen-bond donors (Lipinski definition) is 1. The Balaban J connectivity index is 1.93. The number of aromatic nitrogens is 2. The summed E-state index contributed by atoms with van der Waals surface area (Å²) in [5.41, 5.74) is 3.34. The molecular formula is C19H15Cl3FN3. The molecule has 1 aliphatic rings. The van der Waals surface area contributed by atoms with E-state index in [1.165, 1.54) is 12.1 Å². The Morgan fingerprint density at radius 3 is 2.58 bits per heavy atom. The van der Waals surface area contributed by atoms with Gasteiger partial charge in [-0.1, -0.05) is 34.8 Å². The van der Waals surface area contributed by atoms with E-state index >= 15 is 0 Å². The number of nitrogens with zero attached hydrogens (tertiary/aromatic N) is 2. The van der Waals surface area contributed by atoms with E-state index in [1.54, 1.807) is 18.2 Å². The predicted molar refractivity (Wildman–Crippen MR) is 105 cm³/mol. The number of halogens is 4. The summed E-state index contributed by atoms with van der Waals surface area (Å²) in [6.45, 7) is 0.858. The number of rotatable bonds is 2. The lowest BCUT2D eigenvalue weighted by molar-refractivity contribution is 0.628. The van der Waals surface area contributed by atoms with Crippen molar-refractivity contribution in [3.8, 4) is 16.9 Å². The smallest absolute Gasteiger partial charge is 0.133 e. The van der Waals surface area contributed by atoms with E-state index in [1.807, 2.05) is 10.7 Å². The van der Waals surface area contributed by atoms with Crippen molar-refractivity contribution in [2.45, 2.75) is 19.3 Å². The van der Waals surface area contributed by atoms with Gasteiger partial charge in [-0.15, -0.1) is 0 Å². The molecule has 0 amide bonds. The van der Waals surface area contributed by atoms with E-state index in [2.05, 4.69) is 5.32 Å². The van der Waals surface area contributed by atoms with Gasteiger partial charge in [0.05, 0.1) is 26.4 Å². The van der Waals surface area contributed by atoms with Crippen molar-refractivity contribution in [1.82, 2.24) is 9.78 Å². The molecule has 3 aromatic rings. The van der Waals surface area contributed by atoms with Crippen molar-refractivity contribution in [3.05, 3.63) is 62.8 Å². The van der Waals surface area contributed by atoms with E-state index in [0.29, 0.717) is 20.6 Å². The van der Waals surface area contributed by atoms with Crippen LogP contribution in [0.2, 0.25) is 15.1 Å². The average molecular weight is 411 g/mol. The van der Waals surface area contributed by atoms with Gasteiger partial charge >= 0.3 is 0 Å². The number of benzene rings is 2. The van der Waals surface area contributed by atoms with Gasteiger partial charge in [-0.2, -0.15) is 5.10 Å². The second kappa shape index (κ2) is 7.10. The third-order valence-electron chi connectivity index (χ3n) is 4.46. The summed E-state index contributed by atoms with van der Waals surface area (Å²) in [6, 6.07) is 9.77. The van der Waals surface area contributed by atoms with Gasteiger partial charge in [0.15, 0.2) is 0 Å². The highest BCUT2D eigenvalue weighted by atomic mass is 35.5. The van der Waals surface area contributed by atoms with Crippen molar-refractivity contribution >= 4 is 40.6 Å². The lowest BCUT2D eigenvalue weighted by Crippen LogP contribution is -2.07. The maximum absolute atomic E-state index is 13.5. The number of anilines is 1. The van der Waals surface area contributed by atoms with Crippen molar-refractivity contribution in [2.75, 3.05) is 11.9 Å². The number of hydrogen-bond acceptors (Lipinski definition) is 2. The van der Waals surface area contributed by atoms with Crippen LogP contribution in [0.25, 0.3) is 16.9 Å². The van der Waals surface area contributed by atoms with Crippen LogP contribution < -0.4 is 5.32 Å². The summed E-state index contributed by atoms with van der Waals surface area (Å²) in [7, 11) is 0. The minimum atomic E-state index is -0.369.